The highest BCUT2D eigenvalue weighted by Crippen LogP contribution is 2.28. The van der Waals surface area contributed by atoms with Gasteiger partial charge in [-0.15, -0.1) is 11.3 Å². The van der Waals surface area contributed by atoms with Crippen LogP contribution in [0.2, 0.25) is 0 Å². The number of aromatic amines is 1. The van der Waals surface area contributed by atoms with Crippen LogP contribution >= 0.6 is 27.3 Å². The van der Waals surface area contributed by atoms with E-state index in [0.717, 1.165) is 21.1 Å². The number of carbonyl (C=O) groups is 1. The monoisotopic (exact) mass is 298 g/mol. The SMILES string of the molecule is O=C(O)/C=C/c1ncc(-c2cc(Br)cs2)[nH]1. The molecule has 2 heterocycles. The maximum absolute atomic E-state index is 10.3. The molecule has 0 aromatic carbocycles. The summed E-state index contributed by atoms with van der Waals surface area (Å²) < 4.78 is 1.02. The summed E-state index contributed by atoms with van der Waals surface area (Å²) >= 11 is 4.95. The lowest BCUT2D eigenvalue weighted by Gasteiger charge is -1.88. The van der Waals surface area contributed by atoms with Gasteiger partial charge in [-0.25, -0.2) is 9.78 Å². The van der Waals surface area contributed by atoms with Crippen molar-refractivity contribution in [3.8, 4) is 10.6 Å². The van der Waals surface area contributed by atoms with Crippen LogP contribution < -0.4 is 0 Å². The van der Waals surface area contributed by atoms with E-state index < -0.39 is 5.97 Å². The van der Waals surface area contributed by atoms with Gasteiger partial charge in [-0.3, -0.25) is 0 Å². The number of nitrogens with zero attached hydrogens (tertiary/aromatic N) is 1. The number of hydrogen-bond acceptors (Lipinski definition) is 3. The predicted octanol–water partition coefficient (Wildman–Crippen LogP) is 3.00. The molecule has 0 aliphatic rings. The van der Waals surface area contributed by atoms with Crippen molar-refractivity contribution in [2.24, 2.45) is 0 Å². The Morgan fingerprint density at radius 3 is 3.06 bits per heavy atom. The standard InChI is InChI=1S/C10H7BrN2O2S/c11-6-3-8(16-5-6)7-4-12-9(13-7)1-2-10(14)15/h1-5H,(H,12,13)(H,14,15)/b2-1+. The molecule has 0 amide bonds. The molecule has 0 radical (unpaired) electrons. The first-order chi connectivity index (χ1) is 7.65. The lowest BCUT2D eigenvalue weighted by atomic mass is 10.4. The largest absolute Gasteiger partial charge is 0.478 e. The second kappa shape index (κ2) is 4.63. The van der Waals surface area contributed by atoms with Gasteiger partial charge in [0.05, 0.1) is 16.8 Å². The maximum Gasteiger partial charge on any atom is 0.328 e. The number of nitrogens with one attached hydrogen (secondary N) is 1. The van der Waals surface area contributed by atoms with Crippen LogP contribution in [0, 0.1) is 0 Å². The Hall–Kier alpha value is -1.40. The Morgan fingerprint density at radius 1 is 1.62 bits per heavy atom. The van der Waals surface area contributed by atoms with Crippen LogP contribution in [-0.2, 0) is 4.79 Å². The highest BCUT2D eigenvalue weighted by molar-refractivity contribution is 9.10. The fraction of sp³-hybridized carbons (Fsp3) is 0. The van der Waals surface area contributed by atoms with E-state index in [1.807, 2.05) is 11.4 Å². The Kier molecular flexibility index (Phi) is 3.21. The molecule has 4 nitrogen and oxygen atoms in total. The molecule has 6 heteroatoms. The van der Waals surface area contributed by atoms with Gasteiger partial charge in [-0.1, -0.05) is 0 Å². The van der Waals surface area contributed by atoms with Gasteiger partial charge in [-0.05, 0) is 28.1 Å². The van der Waals surface area contributed by atoms with Crippen molar-refractivity contribution in [2.75, 3.05) is 0 Å². The molecule has 2 aromatic heterocycles. The molecule has 0 atom stereocenters. The van der Waals surface area contributed by atoms with Crippen LogP contribution in [0.15, 0.2) is 28.2 Å². The van der Waals surface area contributed by atoms with Gasteiger partial charge in [0.1, 0.15) is 5.82 Å². The van der Waals surface area contributed by atoms with E-state index in [9.17, 15) is 4.79 Å². The number of aromatic nitrogens is 2. The van der Waals surface area contributed by atoms with Crippen LogP contribution in [0.4, 0.5) is 0 Å². The summed E-state index contributed by atoms with van der Waals surface area (Å²) in [7, 11) is 0. The lowest BCUT2D eigenvalue weighted by molar-refractivity contribution is -0.131. The molecule has 2 N–H and O–H groups in total. The Bertz CT molecular complexity index is 545. The third-order valence-corrected chi connectivity index (χ3v) is 3.54. The van der Waals surface area contributed by atoms with E-state index in [2.05, 4.69) is 25.9 Å². The summed E-state index contributed by atoms with van der Waals surface area (Å²) in [5.74, 6) is -0.459. The van der Waals surface area contributed by atoms with Gasteiger partial charge in [-0.2, -0.15) is 0 Å². The number of halogens is 1. The minimum atomic E-state index is -0.989. The average Bonchev–Trinajstić information content (AvgIpc) is 2.83. The highest BCUT2D eigenvalue weighted by atomic mass is 79.9. The van der Waals surface area contributed by atoms with Crippen molar-refractivity contribution >= 4 is 39.3 Å². The molecule has 82 valence electrons. The Morgan fingerprint density at radius 2 is 2.44 bits per heavy atom. The van der Waals surface area contributed by atoms with Crippen molar-refractivity contribution in [1.29, 1.82) is 0 Å². The molecular formula is C10H7BrN2O2S. The molecule has 0 saturated heterocycles. The van der Waals surface area contributed by atoms with Crippen LogP contribution in [0.1, 0.15) is 5.82 Å². The fourth-order valence-electron chi connectivity index (χ4n) is 1.15. The van der Waals surface area contributed by atoms with E-state index in [1.54, 1.807) is 17.5 Å². The second-order valence-corrected chi connectivity index (χ2v) is 4.81. The Labute approximate surface area is 104 Å². The van der Waals surface area contributed by atoms with Crippen molar-refractivity contribution in [1.82, 2.24) is 9.97 Å². The molecule has 0 unspecified atom stereocenters. The van der Waals surface area contributed by atoms with Gasteiger partial charge in [0.25, 0.3) is 0 Å². The van der Waals surface area contributed by atoms with E-state index in [-0.39, 0.29) is 0 Å². The normalized spacial score (nSPS) is 11.1. The van der Waals surface area contributed by atoms with Crippen molar-refractivity contribution in [3.05, 3.63) is 34.0 Å². The van der Waals surface area contributed by atoms with E-state index >= 15 is 0 Å². The zero-order valence-corrected chi connectivity index (χ0v) is 10.4. The number of rotatable bonds is 3. The van der Waals surface area contributed by atoms with E-state index in [0.29, 0.717) is 5.82 Å². The van der Waals surface area contributed by atoms with Crippen molar-refractivity contribution < 1.29 is 9.90 Å². The van der Waals surface area contributed by atoms with Crippen molar-refractivity contribution in [2.45, 2.75) is 0 Å². The molecule has 16 heavy (non-hydrogen) atoms. The van der Waals surface area contributed by atoms with Crippen LogP contribution in [0.5, 0.6) is 0 Å². The first-order valence-electron chi connectivity index (χ1n) is 4.35. The molecule has 0 aliphatic carbocycles. The summed E-state index contributed by atoms with van der Waals surface area (Å²) in [5.41, 5.74) is 0.876. The summed E-state index contributed by atoms with van der Waals surface area (Å²) in [5, 5.41) is 10.4. The third kappa shape index (κ3) is 2.59. The molecule has 0 aliphatic heterocycles. The molecule has 0 bridgehead atoms. The topological polar surface area (TPSA) is 66.0 Å². The van der Waals surface area contributed by atoms with Gasteiger partial charge >= 0.3 is 5.97 Å². The van der Waals surface area contributed by atoms with Gasteiger partial charge in [0, 0.05) is 15.9 Å². The minimum Gasteiger partial charge on any atom is -0.478 e. The van der Waals surface area contributed by atoms with Gasteiger partial charge in [0.15, 0.2) is 0 Å². The number of carboxylic acid groups (broad SMARTS) is 1. The summed E-state index contributed by atoms with van der Waals surface area (Å²) in [6.07, 6.45) is 4.15. The van der Waals surface area contributed by atoms with Crippen LogP contribution in [-0.4, -0.2) is 21.0 Å². The summed E-state index contributed by atoms with van der Waals surface area (Å²) in [6, 6.07) is 1.98. The number of imidazole rings is 1. The molecule has 0 spiro atoms. The number of thiophene rings is 1. The molecular weight excluding hydrogens is 292 g/mol. The number of H-pyrrole nitrogens is 1. The molecule has 0 fully saturated rings. The predicted molar refractivity (Wildman–Crippen MR) is 66.3 cm³/mol. The first-order valence-corrected chi connectivity index (χ1v) is 6.03. The number of hydrogen-bond donors (Lipinski definition) is 2. The zero-order chi connectivity index (χ0) is 11.5. The van der Waals surface area contributed by atoms with Crippen LogP contribution in [0.25, 0.3) is 16.6 Å². The van der Waals surface area contributed by atoms with Crippen molar-refractivity contribution in [3.63, 3.8) is 0 Å². The van der Waals surface area contributed by atoms with E-state index in [4.69, 9.17) is 5.11 Å². The maximum atomic E-state index is 10.3. The highest BCUT2D eigenvalue weighted by Gasteiger charge is 2.04. The quantitative estimate of drug-likeness (QED) is 0.856. The summed E-state index contributed by atoms with van der Waals surface area (Å²) in [6.45, 7) is 0. The third-order valence-electron chi connectivity index (χ3n) is 1.81. The van der Waals surface area contributed by atoms with Gasteiger partial charge in [0.2, 0.25) is 0 Å². The molecule has 0 saturated carbocycles. The zero-order valence-electron chi connectivity index (χ0n) is 7.98. The number of carboxylic acids is 1. The lowest BCUT2D eigenvalue weighted by Crippen LogP contribution is -1.86. The minimum absolute atomic E-state index is 0.530. The average molecular weight is 299 g/mol. The van der Waals surface area contributed by atoms with Gasteiger partial charge < -0.3 is 10.1 Å². The fourth-order valence-corrected chi connectivity index (χ4v) is 2.55. The smallest absolute Gasteiger partial charge is 0.328 e. The first kappa shape index (κ1) is 11.1. The summed E-state index contributed by atoms with van der Waals surface area (Å²) in [4.78, 5) is 18.5. The molecule has 2 aromatic rings. The Balaban J connectivity index is 2.23. The van der Waals surface area contributed by atoms with E-state index in [1.165, 1.54) is 6.08 Å². The molecule has 2 rings (SSSR count). The number of aliphatic carboxylic acids is 1. The van der Waals surface area contributed by atoms with Crippen LogP contribution in [0.3, 0.4) is 0 Å². The second-order valence-electron chi connectivity index (χ2n) is 2.98.